The molecule has 1 aliphatic carbocycles. The molecule has 0 amide bonds. The molecule has 1 aromatic rings. The average molecular weight is 362 g/mol. The molecular formula is C19H30N4O3. The third-order valence-corrected chi connectivity index (χ3v) is 5.43. The molecule has 0 radical (unpaired) electrons. The average Bonchev–Trinajstić information content (AvgIpc) is 3.38. The largest absolute Gasteiger partial charge is 0.465 e. The van der Waals surface area contributed by atoms with Crippen molar-refractivity contribution in [3.8, 4) is 0 Å². The lowest BCUT2D eigenvalue weighted by atomic mass is 10.2. The van der Waals surface area contributed by atoms with E-state index in [0.717, 1.165) is 25.0 Å². The van der Waals surface area contributed by atoms with Crippen LogP contribution >= 0.6 is 0 Å². The minimum absolute atomic E-state index is 0.377. The van der Waals surface area contributed by atoms with Gasteiger partial charge in [0.2, 0.25) is 0 Å². The standard InChI is InChI=1S/C19H30N4O3/c1-13-17(18(24)25-3)10-16(26-13)11-21-19(20-2)22-14-8-9-23(12-14)15-6-4-5-7-15/h10,14-15H,4-9,11-12H2,1-3H3,(H2,20,21,22). The van der Waals surface area contributed by atoms with Crippen molar-refractivity contribution >= 4 is 11.9 Å². The van der Waals surface area contributed by atoms with Crippen LogP contribution in [0.3, 0.4) is 0 Å². The first-order valence-electron chi connectivity index (χ1n) is 9.49. The van der Waals surface area contributed by atoms with Gasteiger partial charge >= 0.3 is 5.97 Å². The zero-order chi connectivity index (χ0) is 18.5. The van der Waals surface area contributed by atoms with Crippen LogP contribution in [0.25, 0.3) is 0 Å². The molecule has 3 rings (SSSR count). The fourth-order valence-corrected chi connectivity index (χ4v) is 4.01. The number of ether oxygens (including phenoxy) is 1. The number of aliphatic imine (C=N–C) groups is 1. The molecule has 2 heterocycles. The number of hydrogen-bond acceptors (Lipinski definition) is 5. The summed E-state index contributed by atoms with van der Waals surface area (Å²) < 4.78 is 10.4. The number of rotatable bonds is 5. The number of hydrogen-bond donors (Lipinski definition) is 2. The first-order valence-corrected chi connectivity index (χ1v) is 9.49. The van der Waals surface area contributed by atoms with Crippen molar-refractivity contribution < 1.29 is 13.9 Å². The van der Waals surface area contributed by atoms with E-state index in [1.54, 1.807) is 20.0 Å². The predicted octanol–water partition coefficient (Wildman–Crippen LogP) is 2.06. The minimum Gasteiger partial charge on any atom is -0.465 e. The fourth-order valence-electron chi connectivity index (χ4n) is 4.01. The van der Waals surface area contributed by atoms with Crippen LogP contribution in [-0.2, 0) is 11.3 Å². The van der Waals surface area contributed by atoms with Crippen molar-refractivity contribution in [2.24, 2.45) is 4.99 Å². The zero-order valence-electron chi connectivity index (χ0n) is 16.0. The summed E-state index contributed by atoms with van der Waals surface area (Å²) in [5, 5.41) is 6.78. The van der Waals surface area contributed by atoms with E-state index in [1.807, 2.05) is 0 Å². The lowest BCUT2D eigenvalue weighted by molar-refractivity contribution is 0.0599. The van der Waals surface area contributed by atoms with Crippen molar-refractivity contribution in [3.63, 3.8) is 0 Å². The molecule has 26 heavy (non-hydrogen) atoms. The van der Waals surface area contributed by atoms with Gasteiger partial charge in [0.1, 0.15) is 17.1 Å². The quantitative estimate of drug-likeness (QED) is 0.474. The van der Waals surface area contributed by atoms with Gasteiger partial charge in [-0.2, -0.15) is 0 Å². The van der Waals surface area contributed by atoms with Gasteiger partial charge in [-0.05, 0) is 32.3 Å². The number of guanidine groups is 1. The summed E-state index contributed by atoms with van der Waals surface area (Å²) in [6.45, 7) is 4.48. The second kappa shape index (κ2) is 8.58. The summed E-state index contributed by atoms with van der Waals surface area (Å²) in [6, 6.07) is 2.92. The molecule has 1 saturated heterocycles. The van der Waals surface area contributed by atoms with Gasteiger partial charge in [-0.25, -0.2) is 4.79 Å². The van der Waals surface area contributed by atoms with Gasteiger partial charge in [0.05, 0.1) is 13.7 Å². The maximum Gasteiger partial charge on any atom is 0.341 e. The number of carbonyl (C=O) groups is 1. The zero-order valence-corrected chi connectivity index (χ0v) is 16.0. The Balaban J connectivity index is 1.49. The van der Waals surface area contributed by atoms with Crippen LogP contribution in [0.1, 0.15) is 54.0 Å². The molecule has 1 aromatic heterocycles. The molecule has 2 aliphatic rings. The van der Waals surface area contributed by atoms with E-state index >= 15 is 0 Å². The van der Waals surface area contributed by atoms with E-state index in [1.165, 1.54) is 39.3 Å². The second-order valence-corrected chi connectivity index (χ2v) is 7.16. The minimum atomic E-state index is -0.377. The van der Waals surface area contributed by atoms with Crippen molar-refractivity contribution in [3.05, 3.63) is 23.2 Å². The first kappa shape index (κ1) is 18.8. The number of esters is 1. The van der Waals surface area contributed by atoms with Crippen molar-refractivity contribution in [1.29, 1.82) is 0 Å². The molecule has 0 spiro atoms. The number of methoxy groups -OCH3 is 1. The Morgan fingerprint density at radius 1 is 1.38 bits per heavy atom. The van der Waals surface area contributed by atoms with Gasteiger partial charge in [0, 0.05) is 32.2 Å². The number of furan rings is 1. The molecule has 1 aliphatic heterocycles. The van der Waals surface area contributed by atoms with E-state index in [-0.39, 0.29) is 5.97 Å². The highest BCUT2D eigenvalue weighted by Gasteiger charge is 2.30. The maximum atomic E-state index is 11.7. The summed E-state index contributed by atoms with van der Waals surface area (Å²) in [6.07, 6.45) is 6.58. The Kier molecular flexibility index (Phi) is 6.19. The number of nitrogens with zero attached hydrogens (tertiary/aromatic N) is 2. The number of nitrogens with one attached hydrogen (secondary N) is 2. The third-order valence-electron chi connectivity index (χ3n) is 5.43. The molecule has 2 fully saturated rings. The fraction of sp³-hybridized carbons (Fsp3) is 0.684. The monoisotopic (exact) mass is 362 g/mol. The molecular weight excluding hydrogens is 332 g/mol. The summed E-state index contributed by atoms with van der Waals surface area (Å²) in [4.78, 5) is 18.6. The van der Waals surface area contributed by atoms with Gasteiger partial charge in [0.15, 0.2) is 5.96 Å². The lowest BCUT2D eigenvalue weighted by Gasteiger charge is -2.24. The van der Waals surface area contributed by atoms with Gasteiger partial charge in [-0.15, -0.1) is 0 Å². The third kappa shape index (κ3) is 4.38. The smallest absolute Gasteiger partial charge is 0.341 e. The molecule has 0 aromatic carbocycles. The molecule has 0 bridgehead atoms. The Hall–Kier alpha value is -2.02. The molecule has 7 heteroatoms. The molecule has 1 unspecified atom stereocenters. The molecule has 2 N–H and O–H groups in total. The van der Waals surface area contributed by atoms with E-state index < -0.39 is 0 Å². The predicted molar refractivity (Wildman–Crippen MR) is 100 cm³/mol. The summed E-state index contributed by atoms with van der Waals surface area (Å²) in [5.74, 6) is 1.64. The van der Waals surface area contributed by atoms with Crippen molar-refractivity contribution in [2.45, 2.75) is 57.7 Å². The Labute approximate surface area is 155 Å². The Bertz CT molecular complexity index is 649. The van der Waals surface area contributed by atoms with Gasteiger partial charge in [-0.3, -0.25) is 9.89 Å². The Morgan fingerprint density at radius 3 is 2.85 bits per heavy atom. The van der Waals surface area contributed by atoms with Gasteiger partial charge in [0.25, 0.3) is 0 Å². The molecule has 1 saturated carbocycles. The van der Waals surface area contributed by atoms with Crippen LogP contribution in [0.15, 0.2) is 15.5 Å². The molecule has 1 atom stereocenters. The van der Waals surface area contributed by atoms with Crippen LogP contribution < -0.4 is 10.6 Å². The number of carbonyl (C=O) groups excluding carboxylic acids is 1. The van der Waals surface area contributed by atoms with E-state index in [0.29, 0.717) is 29.7 Å². The first-order chi connectivity index (χ1) is 12.6. The summed E-state index contributed by atoms with van der Waals surface area (Å²) in [7, 11) is 3.14. The van der Waals surface area contributed by atoms with Crippen LogP contribution in [0.2, 0.25) is 0 Å². The van der Waals surface area contributed by atoms with Gasteiger partial charge in [-0.1, -0.05) is 12.8 Å². The highest BCUT2D eigenvalue weighted by Crippen LogP contribution is 2.26. The Morgan fingerprint density at radius 2 is 2.15 bits per heavy atom. The SMILES string of the molecule is CN=C(NCc1cc(C(=O)OC)c(C)o1)NC1CCN(C2CCCC2)C1. The highest BCUT2D eigenvalue weighted by atomic mass is 16.5. The maximum absolute atomic E-state index is 11.7. The van der Waals surface area contributed by atoms with E-state index in [4.69, 9.17) is 9.15 Å². The van der Waals surface area contributed by atoms with Crippen LogP contribution in [0.5, 0.6) is 0 Å². The summed E-state index contributed by atoms with van der Waals surface area (Å²) in [5.41, 5.74) is 0.468. The van der Waals surface area contributed by atoms with E-state index in [9.17, 15) is 4.79 Å². The summed E-state index contributed by atoms with van der Waals surface area (Å²) >= 11 is 0. The van der Waals surface area contributed by atoms with Crippen molar-refractivity contribution in [2.75, 3.05) is 27.2 Å². The highest BCUT2D eigenvalue weighted by molar-refractivity contribution is 5.90. The number of aryl methyl sites for hydroxylation is 1. The normalized spacial score (nSPS) is 22.0. The van der Waals surface area contributed by atoms with Crippen LogP contribution in [-0.4, -0.2) is 56.2 Å². The second-order valence-electron chi connectivity index (χ2n) is 7.16. The van der Waals surface area contributed by atoms with Crippen LogP contribution in [0.4, 0.5) is 0 Å². The topological polar surface area (TPSA) is 79.1 Å². The molecule has 7 nitrogen and oxygen atoms in total. The van der Waals surface area contributed by atoms with E-state index in [2.05, 4.69) is 20.5 Å². The number of likely N-dealkylation sites (tertiary alicyclic amines) is 1. The lowest BCUT2D eigenvalue weighted by Crippen LogP contribution is -2.45. The van der Waals surface area contributed by atoms with Gasteiger partial charge < -0.3 is 19.8 Å². The van der Waals surface area contributed by atoms with Crippen molar-refractivity contribution in [1.82, 2.24) is 15.5 Å². The molecule has 144 valence electrons. The van der Waals surface area contributed by atoms with Crippen LogP contribution in [0, 0.1) is 6.92 Å².